The van der Waals surface area contributed by atoms with Crippen LogP contribution in [0, 0.1) is 23.2 Å². The predicted molar refractivity (Wildman–Crippen MR) is 195 cm³/mol. The van der Waals surface area contributed by atoms with E-state index in [9.17, 15) is 20.1 Å². The third kappa shape index (κ3) is 8.65. The van der Waals surface area contributed by atoms with Crippen LogP contribution in [-0.4, -0.2) is 63.2 Å². The zero-order valence-electron chi connectivity index (χ0n) is 30.9. The van der Waals surface area contributed by atoms with Gasteiger partial charge in [-0.3, -0.25) is 4.79 Å². The average molecular weight is 678 g/mol. The fraction of sp³-hybridized carbons (Fsp3) is 0.690. The molecule has 1 heterocycles. The summed E-state index contributed by atoms with van der Waals surface area (Å²) in [6, 6.07) is 5.96. The summed E-state index contributed by atoms with van der Waals surface area (Å²) in [6.45, 7) is 16.6. The molecule has 1 saturated heterocycles. The lowest BCUT2D eigenvalue weighted by Gasteiger charge is -2.45. The normalized spacial score (nSPS) is 34.1. The second-order valence-corrected chi connectivity index (χ2v) is 16.2. The molecule has 1 aromatic rings. The van der Waals surface area contributed by atoms with Gasteiger partial charge in [-0.05, 0) is 117 Å². The number of hydrogen-bond acceptors (Lipinski definition) is 6. The largest absolute Gasteiger partial charge is 0.493 e. The maximum Gasteiger partial charge on any atom is 0.254 e. The molecule has 0 aromatic heterocycles. The van der Waals surface area contributed by atoms with E-state index in [2.05, 4.69) is 46.4 Å². The number of ether oxygens (including phenoxy) is 2. The first kappa shape index (κ1) is 37.6. The SMILES string of the molecule is C=C1/C(=C\C=C2/CCC[C@]3(C)[C@@H]([C@H](C)C[C@H]4C[C@](C)(O)C(=O)N4Cc4cc(OCCCC)cc(OCCCC)c4)CC[C@@H]23)C[C@@H](O)C[C@@H]1O. The number of unbranched alkanes of at least 4 members (excludes halogenated alkanes) is 2. The monoisotopic (exact) mass is 677 g/mol. The van der Waals surface area contributed by atoms with Crippen LogP contribution in [0.2, 0.25) is 0 Å². The first-order chi connectivity index (χ1) is 23.4. The van der Waals surface area contributed by atoms with Gasteiger partial charge in [-0.15, -0.1) is 0 Å². The number of fused-ring (bicyclic) bond motifs is 1. The molecule has 1 aromatic carbocycles. The maximum atomic E-state index is 13.7. The van der Waals surface area contributed by atoms with Crippen molar-refractivity contribution in [3.05, 3.63) is 59.2 Å². The molecule has 3 aliphatic carbocycles. The number of aliphatic hydroxyl groups excluding tert-OH is 2. The fourth-order valence-corrected chi connectivity index (χ4v) is 9.57. The molecule has 0 radical (unpaired) electrons. The summed E-state index contributed by atoms with van der Waals surface area (Å²) in [5.41, 5.74) is 2.95. The summed E-state index contributed by atoms with van der Waals surface area (Å²) in [4.78, 5) is 15.6. The number of nitrogens with zero attached hydrogens (tertiary/aromatic N) is 1. The Bertz CT molecular complexity index is 1350. The van der Waals surface area contributed by atoms with Crippen LogP contribution in [0.25, 0.3) is 0 Å². The van der Waals surface area contributed by atoms with Gasteiger partial charge in [-0.25, -0.2) is 0 Å². The Morgan fingerprint density at radius 3 is 2.37 bits per heavy atom. The van der Waals surface area contributed by atoms with Gasteiger partial charge in [0.2, 0.25) is 0 Å². The van der Waals surface area contributed by atoms with Crippen LogP contribution in [0.3, 0.4) is 0 Å². The number of carbonyl (C=O) groups is 1. The standard InChI is InChI=1S/C42H63NO6/c1-7-9-18-48-35-21-30(22-36(25-35)49-19-10-8-2)27-43-33(26-42(6,47)40(43)46)20-28(3)37-15-16-38-31(12-11-17-41(37,38)5)13-14-32-23-34(44)24-39(45)29(32)4/h13-14,21-22,25,28,33-34,37-39,44-45,47H,4,7-12,15-20,23-24,26-27H2,1-3,5-6H3/b31-13+,32-14-/t28-,33+,34-,37-,38+,39+,41-,42+/m1/s1. The molecular weight excluding hydrogens is 614 g/mol. The summed E-state index contributed by atoms with van der Waals surface area (Å²) in [5, 5.41) is 31.8. The average Bonchev–Trinajstić information content (AvgIpc) is 3.51. The molecule has 0 spiro atoms. The van der Waals surface area contributed by atoms with Gasteiger partial charge in [0.05, 0.1) is 25.4 Å². The summed E-state index contributed by atoms with van der Waals surface area (Å²) in [6.07, 6.45) is 15.2. The Morgan fingerprint density at radius 1 is 1.04 bits per heavy atom. The number of rotatable bonds is 14. The summed E-state index contributed by atoms with van der Waals surface area (Å²) < 4.78 is 12.2. The molecular formula is C42H63NO6. The van der Waals surface area contributed by atoms with Gasteiger partial charge in [-0.1, -0.05) is 64.8 Å². The van der Waals surface area contributed by atoms with E-state index in [1.165, 1.54) is 12.0 Å². The molecule has 1 amide bonds. The Morgan fingerprint density at radius 2 is 1.71 bits per heavy atom. The van der Waals surface area contributed by atoms with Crippen LogP contribution in [0.4, 0.5) is 0 Å². The van der Waals surface area contributed by atoms with Crippen molar-refractivity contribution in [3.63, 3.8) is 0 Å². The smallest absolute Gasteiger partial charge is 0.254 e. The Hall–Kier alpha value is -2.61. The lowest BCUT2D eigenvalue weighted by molar-refractivity contribution is -0.142. The molecule has 7 nitrogen and oxygen atoms in total. The van der Waals surface area contributed by atoms with Gasteiger partial charge in [0.1, 0.15) is 17.1 Å². The van der Waals surface area contributed by atoms with Crippen LogP contribution >= 0.6 is 0 Å². The topological polar surface area (TPSA) is 99.5 Å². The van der Waals surface area contributed by atoms with Crippen molar-refractivity contribution in [1.29, 1.82) is 0 Å². The summed E-state index contributed by atoms with van der Waals surface area (Å²) >= 11 is 0. The Labute approximate surface area is 295 Å². The molecule has 5 rings (SSSR count). The zero-order chi connectivity index (χ0) is 35.3. The van der Waals surface area contributed by atoms with Crippen molar-refractivity contribution >= 4 is 5.91 Å². The molecule has 1 aliphatic heterocycles. The van der Waals surface area contributed by atoms with Gasteiger partial charge in [0, 0.05) is 31.5 Å². The minimum absolute atomic E-state index is 0.0484. The van der Waals surface area contributed by atoms with Crippen molar-refractivity contribution in [2.75, 3.05) is 13.2 Å². The number of amides is 1. The first-order valence-corrected chi connectivity index (χ1v) is 19.2. The van der Waals surface area contributed by atoms with E-state index in [0.29, 0.717) is 56.8 Å². The van der Waals surface area contributed by atoms with Crippen LogP contribution in [0.15, 0.2) is 53.6 Å². The van der Waals surface area contributed by atoms with Gasteiger partial charge < -0.3 is 29.7 Å². The van der Waals surface area contributed by atoms with Crippen molar-refractivity contribution in [2.24, 2.45) is 23.2 Å². The molecule has 0 bridgehead atoms. The molecule has 8 atom stereocenters. The fourth-order valence-electron chi connectivity index (χ4n) is 9.57. The van der Waals surface area contributed by atoms with Crippen LogP contribution in [0.5, 0.6) is 11.5 Å². The highest BCUT2D eigenvalue weighted by molar-refractivity contribution is 5.87. The predicted octanol–water partition coefficient (Wildman–Crippen LogP) is 8.06. The highest BCUT2D eigenvalue weighted by Gasteiger charge is 2.53. The molecule has 7 heteroatoms. The van der Waals surface area contributed by atoms with E-state index in [0.717, 1.165) is 86.0 Å². The van der Waals surface area contributed by atoms with Crippen LogP contribution in [0.1, 0.15) is 124 Å². The lowest BCUT2D eigenvalue weighted by Crippen LogP contribution is -2.40. The van der Waals surface area contributed by atoms with E-state index in [1.54, 1.807) is 6.92 Å². The first-order valence-electron chi connectivity index (χ1n) is 19.2. The van der Waals surface area contributed by atoms with Crippen molar-refractivity contribution in [2.45, 2.75) is 148 Å². The molecule has 3 saturated carbocycles. The third-order valence-electron chi connectivity index (χ3n) is 12.3. The number of benzene rings is 1. The van der Waals surface area contributed by atoms with Crippen LogP contribution < -0.4 is 9.47 Å². The van der Waals surface area contributed by atoms with Gasteiger partial charge in [0.25, 0.3) is 5.91 Å². The number of likely N-dealkylation sites (tertiary alicyclic amines) is 1. The summed E-state index contributed by atoms with van der Waals surface area (Å²) in [7, 11) is 0. The van der Waals surface area contributed by atoms with E-state index < -0.39 is 17.8 Å². The second kappa shape index (κ2) is 16.2. The van der Waals surface area contributed by atoms with Gasteiger partial charge >= 0.3 is 0 Å². The molecule has 49 heavy (non-hydrogen) atoms. The number of allylic oxidation sites excluding steroid dienone is 3. The third-order valence-corrected chi connectivity index (χ3v) is 12.3. The maximum absolute atomic E-state index is 13.7. The Balaban J connectivity index is 1.31. The van der Waals surface area contributed by atoms with Crippen molar-refractivity contribution in [1.82, 2.24) is 4.90 Å². The number of hydrogen-bond donors (Lipinski definition) is 3. The Kier molecular flexibility index (Phi) is 12.4. The molecule has 4 aliphatic rings. The van der Waals surface area contributed by atoms with E-state index in [1.807, 2.05) is 23.1 Å². The quantitative estimate of drug-likeness (QED) is 0.172. The minimum Gasteiger partial charge on any atom is -0.493 e. The second-order valence-electron chi connectivity index (χ2n) is 16.2. The molecule has 0 unspecified atom stereocenters. The number of aliphatic hydroxyl groups is 3. The highest BCUT2D eigenvalue weighted by atomic mass is 16.5. The van der Waals surface area contributed by atoms with E-state index >= 15 is 0 Å². The van der Waals surface area contributed by atoms with E-state index in [-0.39, 0.29) is 17.4 Å². The van der Waals surface area contributed by atoms with Crippen molar-refractivity contribution in [3.8, 4) is 11.5 Å². The number of carbonyl (C=O) groups excluding carboxylic acids is 1. The molecule has 3 N–H and O–H groups in total. The lowest BCUT2D eigenvalue weighted by atomic mass is 9.60. The van der Waals surface area contributed by atoms with Gasteiger partial charge in [0.15, 0.2) is 0 Å². The van der Waals surface area contributed by atoms with Gasteiger partial charge in [-0.2, -0.15) is 0 Å². The molecule has 4 fully saturated rings. The highest BCUT2D eigenvalue weighted by Crippen LogP contribution is 2.60. The summed E-state index contributed by atoms with van der Waals surface area (Å²) in [5.74, 6) is 2.76. The van der Waals surface area contributed by atoms with Crippen LogP contribution in [-0.2, 0) is 11.3 Å². The zero-order valence-corrected chi connectivity index (χ0v) is 30.9. The van der Waals surface area contributed by atoms with E-state index in [4.69, 9.17) is 9.47 Å². The van der Waals surface area contributed by atoms with Crippen molar-refractivity contribution < 1.29 is 29.6 Å². The minimum atomic E-state index is -1.37. The molecule has 272 valence electrons.